The molecule has 8 heteroatoms. The van der Waals surface area contributed by atoms with Gasteiger partial charge in [-0.3, -0.25) is 4.90 Å². The lowest BCUT2D eigenvalue weighted by Gasteiger charge is -2.35. The molecule has 0 aromatic carbocycles. The average molecular weight is 311 g/mol. The molecule has 2 heterocycles. The number of sulfonamides is 1. The molecular weight excluding hydrogens is 290 g/mol. The first-order valence-electron chi connectivity index (χ1n) is 7.04. The summed E-state index contributed by atoms with van der Waals surface area (Å²) in [5, 5.41) is 9.18. The van der Waals surface area contributed by atoms with Crippen LogP contribution in [0.3, 0.4) is 0 Å². The molecule has 1 fully saturated rings. The Bertz CT molecular complexity index is 619. The van der Waals surface area contributed by atoms with E-state index in [4.69, 9.17) is 5.26 Å². The lowest BCUT2D eigenvalue weighted by Crippen LogP contribution is -2.51. The van der Waals surface area contributed by atoms with Gasteiger partial charge in [0.1, 0.15) is 5.82 Å². The van der Waals surface area contributed by atoms with E-state index in [1.807, 2.05) is 11.8 Å². The van der Waals surface area contributed by atoms with Gasteiger partial charge >= 0.3 is 0 Å². The van der Waals surface area contributed by atoms with Crippen LogP contribution in [0.4, 0.5) is 0 Å². The first-order valence-corrected chi connectivity index (χ1v) is 8.48. The molecule has 0 radical (unpaired) electrons. The van der Waals surface area contributed by atoms with Crippen molar-refractivity contribution in [3.05, 3.63) is 12.0 Å². The topological polar surface area (TPSA) is 82.2 Å². The summed E-state index contributed by atoms with van der Waals surface area (Å²) >= 11 is 0. The maximum atomic E-state index is 12.5. The molecule has 1 atom stereocenters. The molecule has 116 valence electrons. The monoisotopic (exact) mass is 311 g/mol. The van der Waals surface area contributed by atoms with Gasteiger partial charge in [-0.15, -0.1) is 0 Å². The van der Waals surface area contributed by atoms with Crippen molar-refractivity contribution in [1.29, 1.82) is 5.26 Å². The zero-order valence-corrected chi connectivity index (χ0v) is 13.5. The molecule has 0 aliphatic carbocycles. The molecule has 1 aromatic heterocycles. The van der Waals surface area contributed by atoms with Gasteiger partial charge in [0.05, 0.1) is 12.1 Å². The molecule has 1 aliphatic heterocycles. The third kappa shape index (κ3) is 3.10. The Morgan fingerprint density at radius 1 is 1.38 bits per heavy atom. The van der Waals surface area contributed by atoms with Crippen LogP contribution in [-0.4, -0.2) is 59.4 Å². The van der Waals surface area contributed by atoms with Crippen LogP contribution in [0.15, 0.2) is 11.2 Å². The van der Waals surface area contributed by atoms with E-state index in [-0.39, 0.29) is 11.1 Å². The van der Waals surface area contributed by atoms with E-state index >= 15 is 0 Å². The Balaban J connectivity index is 2.10. The van der Waals surface area contributed by atoms with Crippen molar-refractivity contribution in [2.75, 3.05) is 26.2 Å². The molecule has 1 saturated heterocycles. The fourth-order valence-corrected chi connectivity index (χ4v) is 3.92. The van der Waals surface area contributed by atoms with Crippen molar-refractivity contribution in [3.8, 4) is 6.07 Å². The quantitative estimate of drug-likeness (QED) is 0.800. The summed E-state index contributed by atoms with van der Waals surface area (Å²) < 4.78 is 28.2. The minimum atomic E-state index is -3.53. The molecule has 1 aliphatic rings. The largest absolute Gasteiger partial charge is 0.337 e. The lowest BCUT2D eigenvalue weighted by molar-refractivity contribution is 0.159. The van der Waals surface area contributed by atoms with Gasteiger partial charge in [-0.1, -0.05) is 6.92 Å². The highest BCUT2D eigenvalue weighted by Gasteiger charge is 2.32. The number of hydrogen-bond donors (Lipinski definition) is 0. The molecule has 0 spiro atoms. The molecule has 0 saturated carbocycles. The van der Waals surface area contributed by atoms with Crippen molar-refractivity contribution in [3.63, 3.8) is 0 Å². The summed E-state index contributed by atoms with van der Waals surface area (Å²) in [4.78, 5) is 6.15. The number of aryl methyl sites for hydroxylation is 2. The summed E-state index contributed by atoms with van der Waals surface area (Å²) in [6.07, 6.45) is 2.30. The highest BCUT2D eigenvalue weighted by atomic mass is 32.2. The van der Waals surface area contributed by atoms with Crippen LogP contribution in [0.5, 0.6) is 0 Å². The van der Waals surface area contributed by atoms with E-state index in [1.54, 1.807) is 24.7 Å². The molecule has 2 rings (SSSR count). The summed E-state index contributed by atoms with van der Waals surface area (Å²) in [5.41, 5.74) is 0. The van der Waals surface area contributed by atoms with Crippen LogP contribution in [0.1, 0.15) is 19.2 Å². The number of hydrogen-bond acceptors (Lipinski definition) is 5. The summed E-state index contributed by atoms with van der Waals surface area (Å²) in [6, 6.07) is 2.13. The Hall–Kier alpha value is -1.43. The van der Waals surface area contributed by atoms with Crippen LogP contribution in [0.2, 0.25) is 0 Å². The SMILES string of the molecule is CCC(C#N)N1CCN(S(=O)(=O)c2cn(C)c(C)n2)CC1. The smallest absolute Gasteiger partial charge is 0.262 e. The molecule has 7 nitrogen and oxygen atoms in total. The molecule has 1 aromatic rings. The maximum Gasteiger partial charge on any atom is 0.262 e. The number of aromatic nitrogens is 2. The maximum absolute atomic E-state index is 12.5. The van der Waals surface area contributed by atoms with Crippen LogP contribution >= 0.6 is 0 Å². The zero-order chi connectivity index (χ0) is 15.6. The zero-order valence-electron chi connectivity index (χ0n) is 12.7. The van der Waals surface area contributed by atoms with E-state index < -0.39 is 10.0 Å². The standard InChI is InChI=1S/C13H21N5O2S/c1-4-12(9-14)17-5-7-18(8-6-17)21(19,20)13-10-16(3)11(2)15-13/h10,12H,4-8H2,1-3H3. The van der Waals surface area contributed by atoms with Gasteiger partial charge in [0, 0.05) is 39.4 Å². The fraction of sp³-hybridized carbons (Fsp3) is 0.692. The first-order chi connectivity index (χ1) is 9.90. The highest BCUT2D eigenvalue weighted by molar-refractivity contribution is 7.89. The molecular formula is C13H21N5O2S. The number of imidazole rings is 1. The minimum absolute atomic E-state index is 0.100. The van der Waals surface area contributed by atoms with Crippen LogP contribution in [0.25, 0.3) is 0 Å². The van der Waals surface area contributed by atoms with Gasteiger partial charge in [0.2, 0.25) is 0 Å². The predicted octanol–water partition coefficient (Wildman–Crippen LogP) is 0.337. The fourth-order valence-electron chi connectivity index (χ4n) is 2.47. The second-order valence-corrected chi connectivity index (χ2v) is 7.12. The third-order valence-electron chi connectivity index (χ3n) is 3.94. The van der Waals surface area contributed by atoms with Gasteiger partial charge < -0.3 is 4.57 Å². The van der Waals surface area contributed by atoms with E-state index in [0.29, 0.717) is 32.0 Å². The van der Waals surface area contributed by atoms with Crippen LogP contribution in [0, 0.1) is 18.3 Å². The van der Waals surface area contributed by atoms with Crippen molar-refractivity contribution >= 4 is 10.0 Å². The Labute approximate surface area is 125 Å². The number of rotatable bonds is 4. The van der Waals surface area contributed by atoms with Gasteiger partial charge in [-0.25, -0.2) is 13.4 Å². The highest BCUT2D eigenvalue weighted by Crippen LogP contribution is 2.18. The summed E-state index contributed by atoms with van der Waals surface area (Å²) in [6.45, 7) is 5.70. The van der Waals surface area contributed by atoms with Crippen LogP contribution < -0.4 is 0 Å². The first kappa shape index (κ1) is 15.9. The molecule has 0 amide bonds. The predicted molar refractivity (Wildman–Crippen MR) is 78.0 cm³/mol. The summed E-state index contributed by atoms with van der Waals surface area (Å²) in [5.74, 6) is 0.669. The van der Waals surface area contributed by atoms with Crippen molar-refractivity contribution in [1.82, 2.24) is 18.8 Å². The van der Waals surface area contributed by atoms with Crippen LogP contribution in [-0.2, 0) is 17.1 Å². The number of piperazine rings is 1. The van der Waals surface area contributed by atoms with E-state index in [0.717, 1.165) is 6.42 Å². The Morgan fingerprint density at radius 2 is 2.00 bits per heavy atom. The van der Waals surface area contributed by atoms with Gasteiger partial charge in [0.25, 0.3) is 10.0 Å². The van der Waals surface area contributed by atoms with Crippen molar-refractivity contribution in [2.45, 2.75) is 31.3 Å². The third-order valence-corrected chi connectivity index (χ3v) is 5.71. The van der Waals surface area contributed by atoms with Gasteiger partial charge in [0.15, 0.2) is 5.03 Å². The van der Waals surface area contributed by atoms with Crippen molar-refractivity contribution < 1.29 is 8.42 Å². The average Bonchev–Trinajstić information content (AvgIpc) is 2.81. The van der Waals surface area contributed by atoms with Crippen molar-refractivity contribution in [2.24, 2.45) is 7.05 Å². The van der Waals surface area contributed by atoms with E-state index in [9.17, 15) is 8.42 Å². The van der Waals surface area contributed by atoms with Gasteiger partial charge in [-0.2, -0.15) is 9.57 Å². The summed E-state index contributed by atoms with van der Waals surface area (Å²) in [7, 11) is -1.76. The van der Waals surface area contributed by atoms with E-state index in [2.05, 4.69) is 11.1 Å². The Morgan fingerprint density at radius 3 is 2.43 bits per heavy atom. The van der Waals surface area contributed by atoms with E-state index in [1.165, 1.54) is 4.31 Å². The minimum Gasteiger partial charge on any atom is -0.337 e. The molecule has 0 N–H and O–H groups in total. The molecule has 21 heavy (non-hydrogen) atoms. The van der Waals surface area contributed by atoms with Gasteiger partial charge in [-0.05, 0) is 13.3 Å². The number of nitrogens with zero attached hydrogens (tertiary/aromatic N) is 5. The second-order valence-electron chi connectivity index (χ2n) is 5.23. The molecule has 0 bridgehead atoms. The second kappa shape index (κ2) is 6.13. The lowest BCUT2D eigenvalue weighted by atomic mass is 10.2. The number of nitriles is 1. The molecule has 1 unspecified atom stereocenters. The normalized spacial score (nSPS) is 19.3. The Kier molecular flexibility index (Phi) is 4.66.